The number of rotatable bonds is 8. The molecule has 0 amide bonds. The summed E-state index contributed by atoms with van der Waals surface area (Å²) in [5.41, 5.74) is 16.4. The first-order valence-electron chi connectivity index (χ1n) is 22.0. The topological polar surface area (TPSA) is 8.17 Å². The summed E-state index contributed by atoms with van der Waals surface area (Å²) in [7, 11) is 0. The Kier molecular flexibility index (Phi) is 9.20. The second kappa shape index (κ2) is 15.8. The Bertz CT molecular complexity index is 3620. The minimum atomic E-state index is 1.09. The zero-order valence-electron chi connectivity index (χ0n) is 35.1. The fourth-order valence-corrected chi connectivity index (χ4v) is 9.54. The van der Waals surface area contributed by atoms with E-state index in [1.54, 1.807) is 0 Å². The maximum atomic E-state index is 2.44. The minimum Gasteiger partial charge on any atom is -0.311 e. The molecule has 0 radical (unpaired) electrons. The predicted octanol–water partition coefficient (Wildman–Crippen LogP) is 17.2. The number of benzene rings is 11. The molecular weight excluding hydrogens is 773 g/mol. The van der Waals surface area contributed by atoms with Crippen molar-refractivity contribution in [3.05, 3.63) is 255 Å². The van der Waals surface area contributed by atoms with Crippen LogP contribution in [0.4, 0.5) is 17.1 Å². The van der Waals surface area contributed by atoms with Crippen LogP contribution in [0.2, 0.25) is 0 Å². The van der Waals surface area contributed by atoms with Gasteiger partial charge in [-0.15, -0.1) is 0 Å². The average molecular weight is 815 g/mol. The lowest BCUT2D eigenvalue weighted by Crippen LogP contribution is -2.09. The SMILES string of the molecule is c1ccc(-c2cccc(-c3ccc(N(c4ccc(-c5ccc6ccccc6c5)cc4)c4ccc(-c5ccc6c7ccc8ccccc8c7n(-c7ccccc7)c6c5)cc4)cc3)c2)cc1. The van der Waals surface area contributed by atoms with Crippen molar-refractivity contribution in [2.24, 2.45) is 0 Å². The molecule has 12 aromatic rings. The van der Waals surface area contributed by atoms with Gasteiger partial charge in [0.1, 0.15) is 0 Å². The van der Waals surface area contributed by atoms with Crippen LogP contribution in [0, 0.1) is 0 Å². The Morgan fingerprint density at radius 1 is 0.250 bits per heavy atom. The summed E-state index contributed by atoms with van der Waals surface area (Å²) in [6, 6.07) is 92.6. The van der Waals surface area contributed by atoms with E-state index in [1.165, 1.54) is 87.9 Å². The number of aromatic nitrogens is 1. The smallest absolute Gasteiger partial charge is 0.0619 e. The van der Waals surface area contributed by atoms with Gasteiger partial charge in [-0.25, -0.2) is 0 Å². The van der Waals surface area contributed by atoms with Crippen LogP contribution in [0.3, 0.4) is 0 Å². The standard InChI is InChI=1S/C62H42N2/c1-3-12-43(13-4-1)50-17-11-18-51(40-50)45-24-32-55(33-25-45)63(56-34-26-46(27-35-56)52-23-22-44-14-7-8-16-49(44)41-52)57-36-28-47(29-37-57)53-31-38-59-60-39-30-48-15-9-10-21-58(48)62(60)64(61(59)42-53)54-19-5-2-6-20-54/h1-42H. The van der Waals surface area contributed by atoms with Crippen LogP contribution in [-0.4, -0.2) is 4.57 Å². The Hall–Kier alpha value is -8.46. The number of nitrogens with zero attached hydrogens (tertiary/aromatic N) is 2. The van der Waals surface area contributed by atoms with E-state index in [-0.39, 0.29) is 0 Å². The molecule has 300 valence electrons. The van der Waals surface area contributed by atoms with E-state index in [0.29, 0.717) is 0 Å². The average Bonchev–Trinajstić information content (AvgIpc) is 3.72. The highest BCUT2D eigenvalue weighted by molar-refractivity contribution is 6.19. The lowest BCUT2D eigenvalue weighted by Gasteiger charge is -2.26. The van der Waals surface area contributed by atoms with Gasteiger partial charge in [-0.3, -0.25) is 0 Å². The van der Waals surface area contributed by atoms with Gasteiger partial charge in [-0.1, -0.05) is 188 Å². The van der Waals surface area contributed by atoms with Gasteiger partial charge in [-0.2, -0.15) is 0 Å². The number of fused-ring (bicyclic) bond motifs is 6. The van der Waals surface area contributed by atoms with Crippen molar-refractivity contribution in [3.63, 3.8) is 0 Å². The highest BCUT2D eigenvalue weighted by Gasteiger charge is 2.18. The molecule has 0 aliphatic carbocycles. The Balaban J connectivity index is 0.936. The van der Waals surface area contributed by atoms with Crippen molar-refractivity contribution in [2.75, 3.05) is 4.90 Å². The zero-order valence-corrected chi connectivity index (χ0v) is 35.1. The molecule has 64 heavy (non-hydrogen) atoms. The third-order valence-corrected chi connectivity index (χ3v) is 12.8. The second-order valence-electron chi connectivity index (χ2n) is 16.6. The first-order valence-corrected chi connectivity index (χ1v) is 22.0. The van der Waals surface area contributed by atoms with E-state index in [1.807, 2.05) is 0 Å². The van der Waals surface area contributed by atoms with Crippen molar-refractivity contribution in [3.8, 4) is 50.2 Å². The first kappa shape index (κ1) is 37.3. The minimum absolute atomic E-state index is 1.09. The van der Waals surface area contributed by atoms with Gasteiger partial charge in [0, 0.05) is 38.9 Å². The quantitative estimate of drug-likeness (QED) is 0.148. The van der Waals surface area contributed by atoms with Crippen LogP contribution in [0.1, 0.15) is 0 Å². The van der Waals surface area contributed by atoms with Crippen LogP contribution in [0.15, 0.2) is 255 Å². The molecule has 1 aromatic heterocycles. The summed E-state index contributed by atoms with van der Waals surface area (Å²) in [6.45, 7) is 0. The summed E-state index contributed by atoms with van der Waals surface area (Å²) in [4.78, 5) is 2.36. The zero-order chi connectivity index (χ0) is 42.4. The van der Waals surface area contributed by atoms with Gasteiger partial charge in [0.15, 0.2) is 0 Å². The number of hydrogen-bond donors (Lipinski definition) is 0. The fourth-order valence-electron chi connectivity index (χ4n) is 9.54. The third-order valence-electron chi connectivity index (χ3n) is 12.8. The summed E-state index contributed by atoms with van der Waals surface area (Å²) < 4.78 is 2.44. The highest BCUT2D eigenvalue weighted by atomic mass is 15.1. The molecule has 0 spiro atoms. The van der Waals surface area contributed by atoms with E-state index in [2.05, 4.69) is 264 Å². The number of para-hydroxylation sites is 1. The lowest BCUT2D eigenvalue weighted by molar-refractivity contribution is 1.19. The molecule has 11 aromatic carbocycles. The molecule has 0 unspecified atom stereocenters. The van der Waals surface area contributed by atoms with Crippen LogP contribution in [-0.2, 0) is 0 Å². The second-order valence-corrected chi connectivity index (χ2v) is 16.6. The van der Waals surface area contributed by atoms with Crippen molar-refractivity contribution >= 4 is 60.4 Å². The van der Waals surface area contributed by atoms with Crippen molar-refractivity contribution in [1.82, 2.24) is 4.57 Å². The summed E-state index contributed by atoms with van der Waals surface area (Å²) in [5.74, 6) is 0. The van der Waals surface area contributed by atoms with Gasteiger partial charge in [0.05, 0.1) is 11.0 Å². The van der Waals surface area contributed by atoms with Crippen molar-refractivity contribution in [2.45, 2.75) is 0 Å². The molecule has 0 N–H and O–H groups in total. The van der Waals surface area contributed by atoms with E-state index in [4.69, 9.17) is 0 Å². The summed E-state index contributed by atoms with van der Waals surface area (Å²) in [5, 5.41) is 7.50. The molecule has 12 rings (SSSR count). The highest BCUT2D eigenvalue weighted by Crippen LogP contribution is 2.41. The molecule has 0 aliphatic rings. The number of hydrogen-bond acceptors (Lipinski definition) is 1. The first-order chi connectivity index (χ1) is 31.7. The Morgan fingerprint density at radius 2 is 0.688 bits per heavy atom. The van der Waals surface area contributed by atoms with Gasteiger partial charge in [-0.05, 0) is 127 Å². The molecule has 0 saturated heterocycles. The van der Waals surface area contributed by atoms with Crippen LogP contribution < -0.4 is 4.90 Å². The predicted molar refractivity (Wildman–Crippen MR) is 272 cm³/mol. The fraction of sp³-hybridized carbons (Fsp3) is 0. The molecule has 0 saturated carbocycles. The lowest BCUT2D eigenvalue weighted by atomic mass is 9.98. The molecule has 0 aliphatic heterocycles. The van der Waals surface area contributed by atoms with Crippen molar-refractivity contribution < 1.29 is 0 Å². The molecule has 2 nitrogen and oxygen atoms in total. The molecule has 0 atom stereocenters. The Labute approximate surface area is 373 Å². The molecule has 1 heterocycles. The maximum Gasteiger partial charge on any atom is 0.0619 e. The molecular formula is C62H42N2. The third kappa shape index (κ3) is 6.70. The van der Waals surface area contributed by atoms with Crippen LogP contribution in [0.25, 0.3) is 93.5 Å². The van der Waals surface area contributed by atoms with Gasteiger partial charge in [0.2, 0.25) is 0 Å². The molecule has 2 heteroatoms. The van der Waals surface area contributed by atoms with Gasteiger partial charge >= 0.3 is 0 Å². The largest absolute Gasteiger partial charge is 0.311 e. The van der Waals surface area contributed by atoms with E-state index in [9.17, 15) is 0 Å². The summed E-state index contributed by atoms with van der Waals surface area (Å²) in [6.07, 6.45) is 0. The van der Waals surface area contributed by atoms with E-state index >= 15 is 0 Å². The van der Waals surface area contributed by atoms with Gasteiger partial charge in [0.25, 0.3) is 0 Å². The van der Waals surface area contributed by atoms with Crippen molar-refractivity contribution in [1.29, 1.82) is 0 Å². The van der Waals surface area contributed by atoms with Crippen LogP contribution >= 0.6 is 0 Å². The Morgan fingerprint density at radius 3 is 1.33 bits per heavy atom. The molecule has 0 fully saturated rings. The number of anilines is 3. The monoisotopic (exact) mass is 814 g/mol. The summed E-state index contributed by atoms with van der Waals surface area (Å²) >= 11 is 0. The van der Waals surface area contributed by atoms with Crippen LogP contribution in [0.5, 0.6) is 0 Å². The van der Waals surface area contributed by atoms with E-state index in [0.717, 1.165) is 22.7 Å². The van der Waals surface area contributed by atoms with E-state index < -0.39 is 0 Å². The molecule has 0 bridgehead atoms. The maximum absolute atomic E-state index is 2.44. The van der Waals surface area contributed by atoms with Gasteiger partial charge < -0.3 is 9.47 Å². The normalized spacial score (nSPS) is 11.4.